The standard InChI is InChI=1S/C17H16N2O/c18-9-8-12-4-3-5-13(10-12)17(20)15-11-19-16-7-2-1-6-14(15)16/h1-7,10-11,19H,8-9,18H2. The van der Waals surface area contributed by atoms with Gasteiger partial charge in [-0.3, -0.25) is 4.79 Å². The highest BCUT2D eigenvalue weighted by atomic mass is 16.1. The fourth-order valence-corrected chi connectivity index (χ4v) is 2.45. The number of carbonyl (C=O) groups is 1. The molecule has 0 radical (unpaired) electrons. The van der Waals surface area contributed by atoms with Crippen LogP contribution in [-0.2, 0) is 6.42 Å². The fourth-order valence-electron chi connectivity index (χ4n) is 2.45. The largest absolute Gasteiger partial charge is 0.360 e. The number of carbonyl (C=O) groups excluding carboxylic acids is 1. The van der Waals surface area contributed by atoms with Crippen molar-refractivity contribution in [3.05, 3.63) is 71.4 Å². The SMILES string of the molecule is NCCc1cccc(C(=O)c2c[nH]c3ccccc23)c1. The Bertz CT molecular complexity index is 758. The van der Waals surface area contributed by atoms with E-state index in [0.29, 0.717) is 17.7 Å². The van der Waals surface area contributed by atoms with Crippen molar-refractivity contribution in [2.45, 2.75) is 6.42 Å². The van der Waals surface area contributed by atoms with Crippen LogP contribution in [0.2, 0.25) is 0 Å². The zero-order chi connectivity index (χ0) is 13.9. The van der Waals surface area contributed by atoms with Crippen LogP contribution >= 0.6 is 0 Å². The highest BCUT2D eigenvalue weighted by Crippen LogP contribution is 2.21. The van der Waals surface area contributed by atoms with Gasteiger partial charge in [-0.25, -0.2) is 0 Å². The summed E-state index contributed by atoms with van der Waals surface area (Å²) in [5.74, 6) is 0.0429. The van der Waals surface area contributed by atoms with Gasteiger partial charge < -0.3 is 10.7 Å². The second kappa shape index (κ2) is 5.31. The number of aromatic amines is 1. The number of ketones is 1. The minimum absolute atomic E-state index is 0.0429. The van der Waals surface area contributed by atoms with Crippen molar-refractivity contribution in [1.82, 2.24) is 4.98 Å². The lowest BCUT2D eigenvalue weighted by Gasteiger charge is -2.03. The van der Waals surface area contributed by atoms with Crippen LogP contribution in [0.4, 0.5) is 0 Å². The van der Waals surface area contributed by atoms with Gasteiger partial charge in [-0.1, -0.05) is 36.4 Å². The third-order valence-corrected chi connectivity index (χ3v) is 3.46. The number of nitrogens with one attached hydrogen (secondary N) is 1. The first-order chi connectivity index (χ1) is 9.79. The molecular weight excluding hydrogens is 248 g/mol. The van der Waals surface area contributed by atoms with Crippen LogP contribution in [0.3, 0.4) is 0 Å². The van der Waals surface area contributed by atoms with Crippen LogP contribution in [-0.4, -0.2) is 17.3 Å². The molecule has 0 fully saturated rings. The molecule has 0 atom stereocenters. The lowest BCUT2D eigenvalue weighted by Crippen LogP contribution is -2.05. The van der Waals surface area contributed by atoms with Crippen molar-refractivity contribution < 1.29 is 4.79 Å². The Kier molecular flexibility index (Phi) is 3.35. The van der Waals surface area contributed by atoms with Gasteiger partial charge >= 0.3 is 0 Å². The van der Waals surface area contributed by atoms with Gasteiger partial charge in [0.1, 0.15) is 0 Å². The van der Waals surface area contributed by atoms with E-state index >= 15 is 0 Å². The Hall–Kier alpha value is -2.39. The summed E-state index contributed by atoms with van der Waals surface area (Å²) in [6, 6.07) is 15.5. The molecule has 3 heteroatoms. The van der Waals surface area contributed by atoms with Gasteiger partial charge in [0, 0.05) is 28.2 Å². The molecule has 0 aliphatic carbocycles. The third kappa shape index (κ3) is 2.24. The molecule has 0 amide bonds. The molecule has 1 heterocycles. The van der Waals surface area contributed by atoms with Gasteiger partial charge in [0.25, 0.3) is 0 Å². The normalized spacial score (nSPS) is 10.8. The van der Waals surface area contributed by atoms with Gasteiger partial charge in [-0.2, -0.15) is 0 Å². The van der Waals surface area contributed by atoms with E-state index in [4.69, 9.17) is 5.73 Å². The number of aromatic nitrogens is 1. The van der Waals surface area contributed by atoms with Crippen molar-refractivity contribution in [1.29, 1.82) is 0 Å². The Morgan fingerprint density at radius 2 is 1.95 bits per heavy atom. The maximum atomic E-state index is 12.6. The number of fused-ring (bicyclic) bond motifs is 1. The van der Waals surface area contributed by atoms with Crippen LogP contribution in [0.25, 0.3) is 10.9 Å². The summed E-state index contributed by atoms with van der Waals surface area (Å²) >= 11 is 0. The van der Waals surface area contributed by atoms with E-state index in [-0.39, 0.29) is 5.78 Å². The van der Waals surface area contributed by atoms with Gasteiger partial charge in [0.15, 0.2) is 5.78 Å². The number of benzene rings is 2. The number of hydrogen-bond acceptors (Lipinski definition) is 2. The highest BCUT2D eigenvalue weighted by Gasteiger charge is 2.14. The molecule has 3 nitrogen and oxygen atoms in total. The highest BCUT2D eigenvalue weighted by molar-refractivity contribution is 6.16. The second-order valence-electron chi connectivity index (χ2n) is 4.82. The van der Waals surface area contributed by atoms with Crippen molar-refractivity contribution in [2.75, 3.05) is 6.54 Å². The molecule has 0 aliphatic rings. The Labute approximate surface area is 117 Å². The maximum absolute atomic E-state index is 12.6. The number of para-hydroxylation sites is 1. The summed E-state index contributed by atoms with van der Waals surface area (Å²) in [6.45, 7) is 0.588. The topological polar surface area (TPSA) is 58.9 Å². The predicted octanol–water partition coefficient (Wildman–Crippen LogP) is 2.90. The average Bonchev–Trinajstić information content (AvgIpc) is 2.91. The monoisotopic (exact) mass is 264 g/mol. The summed E-state index contributed by atoms with van der Waals surface area (Å²) in [5, 5.41) is 0.960. The molecule has 0 bridgehead atoms. The van der Waals surface area contributed by atoms with E-state index < -0.39 is 0 Å². The zero-order valence-electron chi connectivity index (χ0n) is 11.1. The van der Waals surface area contributed by atoms with Crippen LogP contribution < -0.4 is 5.73 Å². The lowest BCUT2D eigenvalue weighted by molar-refractivity contribution is 0.104. The minimum Gasteiger partial charge on any atom is -0.360 e. The third-order valence-electron chi connectivity index (χ3n) is 3.46. The van der Waals surface area contributed by atoms with Gasteiger partial charge in [-0.15, -0.1) is 0 Å². The Morgan fingerprint density at radius 1 is 1.10 bits per heavy atom. The number of rotatable bonds is 4. The van der Waals surface area contributed by atoms with Crippen LogP contribution in [0.1, 0.15) is 21.5 Å². The van der Waals surface area contributed by atoms with Crippen LogP contribution in [0.15, 0.2) is 54.7 Å². The molecule has 0 saturated heterocycles. The van der Waals surface area contributed by atoms with Crippen LogP contribution in [0.5, 0.6) is 0 Å². The molecule has 20 heavy (non-hydrogen) atoms. The summed E-state index contributed by atoms with van der Waals surface area (Å²) in [5.41, 5.74) is 9.06. The molecule has 1 aromatic heterocycles. The molecule has 0 unspecified atom stereocenters. The minimum atomic E-state index is 0.0429. The molecule has 0 saturated carbocycles. The molecule has 3 N–H and O–H groups in total. The van der Waals surface area contributed by atoms with E-state index in [1.165, 1.54) is 0 Å². The molecular formula is C17H16N2O. The van der Waals surface area contributed by atoms with E-state index in [0.717, 1.165) is 22.9 Å². The average molecular weight is 264 g/mol. The first kappa shape index (κ1) is 12.6. The van der Waals surface area contributed by atoms with Crippen molar-refractivity contribution in [3.8, 4) is 0 Å². The van der Waals surface area contributed by atoms with E-state index in [1.807, 2.05) is 48.5 Å². The van der Waals surface area contributed by atoms with Crippen LogP contribution in [0, 0.1) is 0 Å². The van der Waals surface area contributed by atoms with Crippen molar-refractivity contribution in [3.63, 3.8) is 0 Å². The van der Waals surface area contributed by atoms with E-state index in [2.05, 4.69) is 4.98 Å². The first-order valence-corrected chi connectivity index (χ1v) is 6.69. The summed E-state index contributed by atoms with van der Waals surface area (Å²) in [7, 11) is 0. The summed E-state index contributed by atoms with van der Waals surface area (Å²) < 4.78 is 0. The Balaban J connectivity index is 2.02. The molecule has 2 aromatic carbocycles. The maximum Gasteiger partial charge on any atom is 0.195 e. The number of hydrogen-bond donors (Lipinski definition) is 2. The van der Waals surface area contributed by atoms with Crippen molar-refractivity contribution >= 4 is 16.7 Å². The quantitative estimate of drug-likeness (QED) is 0.712. The van der Waals surface area contributed by atoms with Gasteiger partial charge in [0.05, 0.1) is 0 Å². The molecule has 0 aliphatic heterocycles. The molecule has 0 spiro atoms. The summed E-state index contributed by atoms with van der Waals surface area (Å²) in [6.07, 6.45) is 2.57. The molecule has 100 valence electrons. The second-order valence-corrected chi connectivity index (χ2v) is 4.82. The predicted molar refractivity (Wildman–Crippen MR) is 80.9 cm³/mol. The lowest BCUT2D eigenvalue weighted by atomic mass is 10.00. The van der Waals surface area contributed by atoms with Gasteiger partial charge in [-0.05, 0) is 30.7 Å². The summed E-state index contributed by atoms with van der Waals surface area (Å²) in [4.78, 5) is 15.8. The Morgan fingerprint density at radius 3 is 2.80 bits per heavy atom. The smallest absolute Gasteiger partial charge is 0.195 e. The van der Waals surface area contributed by atoms with E-state index in [9.17, 15) is 4.79 Å². The first-order valence-electron chi connectivity index (χ1n) is 6.69. The number of H-pyrrole nitrogens is 1. The fraction of sp³-hybridized carbons (Fsp3) is 0.118. The number of nitrogens with two attached hydrogens (primary N) is 1. The zero-order valence-corrected chi connectivity index (χ0v) is 11.1. The molecule has 3 aromatic rings. The van der Waals surface area contributed by atoms with E-state index in [1.54, 1.807) is 6.20 Å². The van der Waals surface area contributed by atoms with Crippen molar-refractivity contribution in [2.24, 2.45) is 5.73 Å². The molecule has 3 rings (SSSR count). The van der Waals surface area contributed by atoms with Gasteiger partial charge in [0.2, 0.25) is 0 Å².